The molecule has 0 spiro atoms. The average Bonchev–Trinajstić information content (AvgIpc) is 3.01. The van der Waals surface area contributed by atoms with Gasteiger partial charge in [-0.3, -0.25) is 14.3 Å². The van der Waals surface area contributed by atoms with Crippen molar-refractivity contribution in [3.05, 3.63) is 46.7 Å². The molecule has 1 aromatic heterocycles. The number of hydrogen-bond donors (Lipinski definition) is 1. The molecule has 0 atom stereocenters. The minimum absolute atomic E-state index is 0.0348. The molecule has 1 N–H and O–H groups in total. The van der Waals surface area contributed by atoms with Crippen LogP contribution >= 0.6 is 11.6 Å². The Hall–Kier alpha value is -2.54. The van der Waals surface area contributed by atoms with E-state index in [4.69, 9.17) is 11.6 Å². The van der Waals surface area contributed by atoms with Crippen LogP contribution in [-0.4, -0.2) is 59.2 Å². The summed E-state index contributed by atoms with van der Waals surface area (Å²) in [5.41, 5.74) is 3.03. The van der Waals surface area contributed by atoms with Crippen LogP contribution in [-0.2, 0) is 16.1 Å². The van der Waals surface area contributed by atoms with E-state index in [-0.39, 0.29) is 18.4 Å². The zero-order valence-corrected chi connectivity index (χ0v) is 17.1. The van der Waals surface area contributed by atoms with Gasteiger partial charge in [-0.1, -0.05) is 17.7 Å². The Balaban J connectivity index is 1.39. The predicted molar refractivity (Wildman–Crippen MR) is 110 cm³/mol. The van der Waals surface area contributed by atoms with Gasteiger partial charge in [-0.2, -0.15) is 5.10 Å². The standard InChI is InChI=1S/C20H26ClN5O2/c1-15-12-16(2)26(23-15)7-6-19(27)22-14-20(28)25-10-8-24(9-11-25)18-5-3-4-17(21)13-18/h3-5,12-13H,6-11,14H2,1-2H3,(H,22,27). The van der Waals surface area contributed by atoms with E-state index in [2.05, 4.69) is 15.3 Å². The first-order valence-electron chi connectivity index (χ1n) is 9.48. The number of nitrogens with one attached hydrogen (secondary N) is 1. The second-order valence-corrected chi connectivity index (χ2v) is 7.46. The number of nitrogens with zero attached hydrogens (tertiary/aromatic N) is 4. The summed E-state index contributed by atoms with van der Waals surface area (Å²) in [4.78, 5) is 28.4. The summed E-state index contributed by atoms with van der Waals surface area (Å²) in [7, 11) is 0. The second kappa shape index (κ2) is 9.10. The van der Waals surface area contributed by atoms with Gasteiger partial charge in [0.15, 0.2) is 0 Å². The lowest BCUT2D eigenvalue weighted by molar-refractivity contribution is -0.133. The topological polar surface area (TPSA) is 70.5 Å². The van der Waals surface area contributed by atoms with Crippen LogP contribution in [0.15, 0.2) is 30.3 Å². The van der Waals surface area contributed by atoms with E-state index in [1.807, 2.05) is 48.9 Å². The summed E-state index contributed by atoms with van der Waals surface area (Å²) in [6.45, 7) is 7.19. The molecule has 1 aliphatic heterocycles. The number of aromatic nitrogens is 2. The summed E-state index contributed by atoms with van der Waals surface area (Å²) < 4.78 is 1.81. The van der Waals surface area contributed by atoms with Crippen molar-refractivity contribution < 1.29 is 9.59 Å². The third kappa shape index (κ3) is 5.25. The fourth-order valence-corrected chi connectivity index (χ4v) is 3.55. The molecule has 8 heteroatoms. The number of carbonyl (C=O) groups excluding carboxylic acids is 2. The molecule has 0 radical (unpaired) electrons. The SMILES string of the molecule is Cc1cc(C)n(CCC(=O)NCC(=O)N2CCN(c3cccc(Cl)c3)CC2)n1. The van der Waals surface area contributed by atoms with E-state index in [0.717, 1.165) is 30.2 Å². The van der Waals surface area contributed by atoms with E-state index in [0.29, 0.717) is 31.1 Å². The minimum Gasteiger partial charge on any atom is -0.368 e. The number of carbonyl (C=O) groups is 2. The largest absolute Gasteiger partial charge is 0.368 e. The lowest BCUT2D eigenvalue weighted by atomic mass is 10.2. The summed E-state index contributed by atoms with van der Waals surface area (Å²) in [5, 5.41) is 7.77. The first-order valence-corrected chi connectivity index (χ1v) is 9.86. The van der Waals surface area contributed by atoms with Gasteiger partial charge < -0.3 is 15.1 Å². The maximum Gasteiger partial charge on any atom is 0.242 e. The van der Waals surface area contributed by atoms with Crippen molar-refractivity contribution in [1.82, 2.24) is 20.0 Å². The molecule has 28 heavy (non-hydrogen) atoms. The van der Waals surface area contributed by atoms with Crippen molar-refractivity contribution in [2.45, 2.75) is 26.8 Å². The molecule has 1 saturated heterocycles. The van der Waals surface area contributed by atoms with Crippen LogP contribution < -0.4 is 10.2 Å². The van der Waals surface area contributed by atoms with Gasteiger partial charge in [-0.25, -0.2) is 0 Å². The van der Waals surface area contributed by atoms with E-state index in [1.54, 1.807) is 4.90 Å². The fraction of sp³-hybridized carbons (Fsp3) is 0.450. The molecular weight excluding hydrogens is 378 g/mol. The lowest BCUT2D eigenvalue weighted by Crippen LogP contribution is -2.51. The third-order valence-electron chi connectivity index (χ3n) is 4.90. The molecule has 1 aromatic carbocycles. The van der Waals surface area contributed by atoms with Crippen LogP contribution in [0.5, 0.6) is 0 Å². The van der Waals surface area contributed by atoms with Crippen LogP contribution in [0.2, 0.25) is 5.02 Å². The van der Waals surface area contributed by atoms with Gasteiger partial charge in [0.2, 0.25) is 11.8 Å². The molecule has 1 fully saturated rings. The minimum atomic E-state index is -0.140. The molecule has 2 amide bonds. The molecule has 1 aliphatic rings. The van der Waals surface area contributed by atoms with Gasteiger partial charge >= 0.3 is 0 Å². The van der Waals surface area contributed by atoms with Gasteiger partial charge in [-0.15, -0.1) is 0 Å². The number of anilines is 1. The zero-order valence-electron chi connectivity index (χ0n) is 16.3. The van der Waals surface area contributed by atoms with Gasteiger partial charge in [0.1, 0.15) is 0 Å². The Morgan fingerprint density at radius 2 is 1.89 bits per heavy atom. The number of piperazine rings is 1. The van der Waals surface area contributed by atoms with Gasteiger partial charge in [0, 0.05) is 55.5 Å². The Kier molecular flexibility index (Phi) is 6.57. The molecule has 2 heterocycles. The number of benzene rings is 1. The summed E-state index contributed by atoms with van der Waals surface area (Å²) in [5.74, 6) is -0.191. The van der Waals surface area contributed by atoms with E-state index in [9.17, 15) is 9.59 Å². The lowest BCUT2D eigenvalue weighted by Gasteiger charge is -2.36. The molecule has 0 bridgehead atoms. The Bertz CT molecular complexity index is 843. The molecule has 0 aliphatic carbocycles. The summed E-state index contributed by atoms with van der Waals surface area (Å²) in [6.07, 6.45) is 0.303. The molecule has 3 rings (SSSR count). The van der Waals surface area contributed by atoms with E-state index in [1.165, 1.54) is 0 Å². The van der Waals surface area contributed by atoms with Crippen LogP contribution in [0.25, 0.3) is 0 Å². The number of hydrogen-bond acceptors (Lipinski definition) is 4. The maximum absolute atomic E-state index is 12.4. The zero-order chi connectivity index (χ0) is 20.1. The van der Waals surface area contributed by atoms with Crippen molar-refractivity contribution in [3.8, 4) is 0 Å². The van der Waals surface area contributed by atoms with Crippen molar-refractivity contribution in [2.24, 2.45) is 0 Å². The average molecular weight is 404 g/mol. The molecule has 0 saturated carbocycles. The number of halogens is 1. The summed E-state index contributed by atoms with van der Waals surface area (Å²) >= 11 is 6.05. The normalized spacial score (nSPS) is 14.2. The van der Waals surface area contributed by atoms with Gasteiger partial charge in [-0.05, 0) is 38.1 Å². The number of amides is 2. The number of rotatable bonds is 6. The molecule has 7 nitrogen and oxygen atoms in total. The first kappa shape index (κ1) is 20.2. The second-order valence-electron chi connectivity index (χ2n) is 7.02. The van der Waals surface area contributed by atoms with Crippen LogP contribution in [0, 0.1) is 13.8 Å². The first-order chi connectivity index (χ1) is 13.4. The Morgan fingerprint density at radius 1 is 1.14 bits per heavy atom. The van der Waals surface area contributed by atoms with Crippen LogP contribution in [0.1, 0.15) is 17.8 Å². The Morgan fingerprint density at radius 3 is 2.54 bits per heavy atom. The summed E-state index contributed by atoms with van der Waals surface area (Å²) in [6, 6.07) is 9.71. The van der Waals surface area contributed by atoms with E-state index < -0.39 is 0 Å². The molecule has 0 unspecified atom stereocenters. The highest BCUT2D eigenvalue weighted by atomic mass is 35.5. The monoisotopic (exact) mass is 403 g/mol. The van der Waals surface area contributed by atoms with Crippen molar-refractivity contribution >= 4 is 29.1 Å². The predicted octanol–water partition coefficient (Wildman–Crippen LogP) is 2.01. The van der Waals surface area contributed by atoms with Crippen molar-refractivity contribution in [1.29, 1.82) is 0 Å². The van der Waals surface area contributed by atoms with Crippen LogP contribution in [0.3, 0.4) is 0 Å². The quantitative estimate of drug-likeness (QED) is 0.801. The number of aryl methyl sites for hydroxylation is 3. The highest BCUT2D eigenvalue weighted by molar-refractivity contribution is 6.30. The maximum atomic E-state index is 12.4. The highest BCUT2D eigenvalue weighted by Gasteiger charge is 2.21. The molecule has 150 valence electrons. The Labute approximate surface area is 170 Å². The van der Waals surface area contributed by atoms with Crippen molar-refractivity contribution in [3.63, 3.8) is 0 Å². The smallest absolute Gasteiger partial charge is 0.242 e. The fourth-order valence-electron chi connectivity index (χ4n) is 3.37. The molecule has 2 aromatic rings. The van der Waals surface area contributed by atoms with Gasteiger partial charge in [0.05, 0.1) is 12.2 Å². The van der Waals surface area contributed by atoms with Crippen LogP contribution in [0.4, 0.5) is 5.69 Å². The molecular formula is C20H26ClN5O2. The van der Waals surface area contributed by atoms with E-state index >= 15 is 0 Å². The third-order valence-corrected chi connectivity index (χ3v) is 5.13. The van der Waals surface area contributed by atoms with Gasteiger partial charge in [0.25, 0.3) is 0 Å². The highest BCUT2D eigenvalue weighted by Crippen LogP contribution is 2.20. The van der Waals surface area contributed by atoms with Crippen molar-refractivity contribution in [2.75, 3.05) is 37.6 Å².